The first kappa shape index (κ1) is 8.24. The molecule has 10 heavy (non-hydrogen) atoms. The smallest absolute Gasteiger partial charge is 0.106 e. The number of ether oxygens (including phenoxy) is 1. The van der Waals surface area contributed by atoms with Crippen molar-refractivity contribution in [2.75, 3.05) is 6.61 Å². The molecular weight excluding hydrogens is 144 g/mol. The average molecular weight is 160 g/mol. The lowest BCUT2D eigenvalue weighted by Crippen LogP contribution is -2.49. The minimum atomic E-state index is -1.31. The fourth-order valence-corrected chi connectivity index (χ4v) is 3.57. The topological polar surface area (TPSA) is 32.8 Å². The van der Waals surface area contributed by atoms with Gasteiger partial charge in [0.15, 0.2) is 0 Å². The molecule has 0 aromatic heterocycles. The van der Waals surface area contributed by atoms with E-state index in [0.717, 1.165) is 6.61 Å². The Bertz CT molecular complexity index is 133. The lowest BCUT2D eigenvalue weighted by Gasteiger charge is -2.27. The van der Waals surface area contributed by atoms with E-state index in [1.165, 1.54) is 0 Å². The van der Waals surface area contributed by atoms with Gasteiger partial charge < -0.3 is 9.84 Å². The molecule has 1 aliphatic heterocycles. The molecule has 1 saturated heterocycles. The molecule has 0 saturated carbocycles. The van der Waals surface area contributed by atoms with Crippen LogP contribution in [0.4, 0.5) is 0 Å². The fourth-order valence-electron chi connectivity index (χ4n) is 1.38. The van der Waals surface area contributed by atoms with Crippen LogP contribution in [0.2, 0.25) is 19.6 Å². The van der Waals surface area contributed by atoms with Crippen LogP contribution in [-0.4, -0.2) is 31.1 Å². The third-order valence-electron chi connectivity index (χ3n) is 2.40. The second-order valence-electron chi connectivity index (χ2n) is 4.10. The van der Waals surface area contributed by atoms with Crippen molar-refractivity contribution in [1.82, 2.24) is 0 Å². The Kier molecular flexibility index (Phi) is 1.70. The largest absolute Gasteiger partial charge is 0.391 e. The Labute approximate surface area is 63.2 Å². The first-order valence-electron chi connectivity index (χ1n) is 3.72. The molecule has 2 nitrogen and oxygen atoms in total. The summed E-state index contributed by atoms with van der Waals surface area (Å²) in [5.41, 5.74) is 0. The van der Waals surface area contributed by atoms with Crippen molar-refractivity contribution in [2.45, 2.75) is 37.9 Å². The summed E-state index contributed by atoms with van der Waals surface area (Å²) in [6.45, 7) is 9.28. The van der Waals surface area contributed by atoms with Gasteiger partial charge >= 0.3 is 0 Å². The molecular formula is C7H16O2Si. The summed E-state index contributed by atoms with van der Waals surface area (Å²) in [5.74, 6) is 0. The standard InChI is InChI=1S/C7H16O2Si/c1-6(8)7(5-9-7)10(2,3)4/h6,8H,5H2,1-4H3/t6-,7+/m1/s1. The van der Waals surface area contributed by atoms with Gasteiger partial charge in [-0.25, -0.2) is 0 Å². The lowest BCUT2D eigenvalue weighted by molar-refractivity contribution is 0.127. The molecule has 1 rings (SSSR count). The zero-order chi connectivity index (χ0) is 7.99. The molecule has 0 aliphatic carbocycles. The second-order valence-corrected chi connectivity index (χ2v) is 9.45. The number of aliphatic hydroxyl groups excluding tert-OH is 1. The first-order valence-corrected chi connectivity index (χ1v) is 7.22. The van der Waals surface area contributed by atoms with Crippen molar-refractivity contribution < 1.29 is 9.84 Å². The van der Waals surface area contributed by atoms with Crippen molar-refractivity contribution >= 4 is 8.07 Å². The van der Waals surface area contributed by atoms with Gasteiger partial charge in [-0.05, 0) is 6.92 Å². The molecule has 1 N–H and O–H groups in total. The van der Waals surface area contributed by atoms with Crippen LogP contribution >= 0.6 is 0 Å². The van der Waals surface area contributed by atoms with Crippen LogP contribution in [0.5, 0.6) is 0 Å². The molecule has 0 amide bonds. The number of rotatable bonds is 2. The Morgan fingerprint density at radius 1 is 1.50 bits per heavy atom. The van der Waals surface area contributed by atoms with Crippen LogP contribution in [-0.2, 0) is 4.74 Å². The molecule has 2 atom stereocenters. The number of hydrogen-bond acceptors (Lipinski definition) is 2. The van der Waals surface area contributed by atoms with Crippen LogP contribution in [0.15, 0.2) is 0 Å². The minimum absolute atomic E-state index is 0.118. The molecule has 1 aliphatic rings. The van der Waals surface area contributed by atoms with Gasteiger partial charge in [-0.1, -0.05) is 19.6 Å². The van der Waals surface area contributed by atoms with Gasteiger partial charge in [0.1, 0.15) is 5.22 Å². The third-order valence-corrected chi connectivity index (χ3v) is 5.65. The summed E-state index contributed by atoms with van der Waals surface area (Å²) in [4.78, 5) is 0. The van der Waals surface area contributed by atoms with Gasteiger partial charge in [-0.2, -0.15) is 0 Å². The maximum Gasteiger partial charge on any atom is 0.106 e. The summed E-state index contributed by atoms with van der Waals surface area (Å²) < 4.78 is 5.33. The van der Waals surface area contributed by atoms with Crippen LogP contribution < -0.4 is 0 Å². The van der Waals surface area contributed by atoms with E-state index in [-0.39, 0.29) is 11.3 Å². The molecule has 0 radical (unpaired) electrons. The van der Waals surface area contributed by atoms with Crippen molar-refractivity contribution in [2.24, 2.45) is 0 Å². The Morgan fingerprint density at radius 3 is 1.90 bits per heavy atom. The summed E-state index contributed by atoms with van der Waals surface area (Å²) in [6, 6.07) is 0. The monoisotopic (exact) mass is 160 g/mol. The van der Waals surface area contributed by atoms with Gasteiger partial charge in [0, 0.05) is 0 Å². The zero-order valence-corrected chi connectivity index (χ0v) is 8.14. The van der Waals surface area contributed by atoms with Gasteiger partial charge in [-0.15, -0.1) is 0 Å². The van der Waals surface area contributed by atoms with E-state index < -0.39 is 8.07 Å². The molecule has 0 aromatic carbocycles. The summed E-state index contributed by atoms with van der Waals surface area (Å²) >= 11 is 0. The highest BCUT2D eigenvalue weighted by atomic mass is 28.3. The van der Waals surface area contributed by atoms with E-state index in [0.29, 0.717) is 0 Å². The molecule has 1 fully saturated rings. The van der Waals surface area contributed by atoms with Crippen molar-refractivity contribution in [3.8, 4) is 0 Å². The van der Waals surface area contributed by atoms with E-state index in [2.05, 4.69) is 19.6 Å². The van der Waals surface area contributed by atoms with E-state index in [1.54, 1.807) is 0 Å². The van der Waals surface area contributed by atoms with Crippen LogP contribution in [0, 0.1) is 0 Å². The highest BCUT2D eigenvalue weighted by Gasteiger charge is 2.58. The number of aliphatic hydroxyl groups is 1. The van der Waals surface area contributed by atoms with Crippen molar-refractivity contribution in [1.29, 1.82) is 0 Å². The van der Waals surface area contributed by atoms with Gasteiger partial charge in [0.2, 0.25) is 0 Å². The summed E-state index contributed by atoms with van der Waals surface area (Å²) in [7, 11) is -1.31. The Morgan fingerprint density at radius 2 is 1.90 bits per heavy atom. The number of epoxide rings is 1. The van der Waals surface area contributed by atoms with Gasteiger partial charge in [0.25, 0.3) is 0 Å². The fraction of sp³-hybridized carbons (Fsp3) is 1.00. The second kappa shape index (κ2) is 2.06. The Hall–Kier alpha value is 0.137. The average Bonchev–Trinajstić information content (AvgIpc) is 2.36. The minimum Gasteiger partial charge on any atom is -0.391 e. The third kappa shape index (κ3) is 1.02. The molecule has 60 valence electrons. The van der Waals surface area contributed by atoms with Crippen LogP contribution in [0.25, 0.3) is 0 Å². The number of hydrogen-bond donors (Lipinski definition) is 1. The van der Waals surface area contributed by atoms with Crippen molar-refractivity contribution in [3.05, 3.63) is 0 Å². The lowest BCUT2D eigenvalue weighted by atomic mass is 10.3. The van der Waals surface area contributed by atoms with E-state index in [1.807, 2.05) is 6.92 Å². The first-order chi connectivity index (χ1) is 4.40. The molecule has 0 spiro atoms. The maximum absolute atomic E-state index is 9.39. The van der Waals surface area contributed by atoms with Crippen LogP contribution in [0.3, 0.4) is 0 Å². The van der Waals surface area contributed by atoms with Gasteiger partial charge in [0.05, 0.1) is 20.8 Å². The zero-order valence-electron chi connectivity index (χ0n) is 7.14. The van der Waals surface area contributed by atoms with E-state index in [9.17, 15) is 5.11 Å². The molecule has 0 unspecified atom stereocenters. The molecule has 0 bridgehead atoms. The van der Waals surface area contributed by atoms with E-state index in [4.69, 9.17) is 4.74 Å². The van der Waals surface area contributed by atoms with Gasteiger partial charge in [-0.3, -0.25) is 0 Å². The SMILES string of the molecule is C[C@@H](O)[C@@]1([Si](C)(C)C)CO1. The summed E-state index contributed by atoms with van der Waals surface area (Å²) in [5, 5.41) is 9.27. The van der Waals surface area contributed by atoms with E-state index >= 15 is 0 Å². The maximum atomic E-state index is 9.39. The Balaban J connectivity index is 2.70. The summed E-state index contributed by atoms with van der Waals surface area (Å²) in [6.07, 6.45) is -0.292. The highest BCUT2D eigenvalue weighted by Crippen LogP contribution is 2.39. The van der Waals surface area contributed by atoms with Crippen molar-refractivity contribution in [3.63, 3.8) is 0 Å². The molecule has 1 heterocycles. The van der Waals surface area contributed by atoms with Crippen LogP contribution in [0.1, 0.15) is 6.92 Å². The highest BCUT2D eigenvalue weighted by molar-refractivity contribution is 6.79. The quantitative estimate of drug-likeness (QED) is 0.483. The molecule has 3 heteroatoms. The predicted octanol–water partition coefficient (Wildman–Crippen LogP) is 1.01. The normalized spacial score (nSPS) is 35.7. The molecule has 0 aromatic rings. The predicted molar refractivity (Wildman–Crippen MR) is 43.7 cm³/mol.